The Morgan fingerprint density at radius 1 is 1.12 bits per heavy atom. The fourth-order valence-electron chi connectivity index (χ4n) is 3.40. The number of thioether (sulfide) groups is 1. The molecule has 1 aromatic heterocycles. The van der Waals surface area contributed by atoms with Gasteiger partial charge in [0, 0.05) is 11.3 Å². The molecular formula is C19H21FN2OS. The molecule has 1 fully saturated rings. The molecule has 0 aliphatic heterocycles. The van der Waals surface area contributed by atoms with Crippen LogP contribution < -0.4 is 5.56 Å². The first-order valence-corrected chi connectivity index (χ1v) is 9.74. The molecule has 126 valence electrons. The summed E-state index contributed by atoms with van der Waals surface area (Å²) < 4.78 is 15.0. The SMILES string of the molecule is O=c1c2c(nc(SCC3CCC3)n1-c1ccc(F)cc1)CCCC2. The molecule has 24 heavy (non-hydrogen) atoms. The second kappa shape index (κ2) is 6.71. The van der Waals surface area contributed by atoms with Crippen molar-refractivity contribution in [2.24, 2.45) is 5.92 Å². The second-order valence-corrected chi connectivity index (χ2v) is 7.74. The van der Waals surface area contributed by atoms with E-state index in [1.165, 1.54) is 31.4 Å². The molecule has 0 unspecified atom stereocenters. The van der Waals surface area contributed by atoms with Gasteiger partial charge in [0.05, 0.1) is 11.4 Å². The zero-order valence-electron chi connectivity index (χ0n) is 13.6. The van der Waals surface area contributed by atoms with Crippen LogP contribution in [0, 0.1) is 11.7 Å². The number of aromatic nitrogens is 2. The summed E-state index contributed by atoms with van der Waals surface area (Å²) in [6.45, 7) is 0. The minimum atomic E-state index is -0.290. The van der Waals surface area contributed by atoms with E-state index in [2.05, 4.69) is 0 Å². The lowest BCUT2D eigenvalue weighted by molar-refractivity contribution is 0.353. The predicted octanol–water partition coefficient (Wildman–Crippen LogP) is 4.14. The molecule has 2 aliphatic carbocycles. The number of benzene rings is 1. The van der Waals surface area contributed by atoms with Crippen LogP contribution in [0.1, 0.15) is 43.4 Å². The number of nitrogens with zero attached hydrogens (tertiary/aromatic N) is 2. The van der Waals surface area contributed by atoms with Gasteiger partial charge in [-0.15, -0.1) is 0 Å². The maximum atomic E-state index is 13.3. The third kappa shape index (κ3) is 3.02. The van der Waals surface area contributed by atoms with Gasteiger partial charge in [0.2, 0.25) is 0 Å². The zero-order valence-corrected chi connectivity index (χ0v) is 14.4. The van der Waals surface area contributed by atoms with Gasteiger partial charge in [0.25, 0.3) is 5.56 Å². The highest BCUT2D eigenvalue weighted by atomic mass is 32.2. The molecule has 1 aromatic carbocycles. The van der Waals surface area contributed by atoms with E-state index in [1.54, 1.807) is 28.5 Å². The van der Waals surface area contributed by atoms with Gasteiger partial charge in [-0.1, -0.05) is 18.2 Å². The molecule has 0 spiro atoms. The molecule has 5 heteroatoms. The van der Waals surface area contributed by atoms with Crippen LogP contribution in [0.5, 0.6) is 0 Å². The Balaban J connectivity index is 1.78. The Kier molecular flexibility index (Phi) is 4.44. The minimum Gasteiger partial charge on any atom is -0.269 e. The van der Waals surface area contributed by atoms with E-state index in [0.717, 1.165) is 53.8 Å². The van der Waals surface area contributed by atoms with Crippen molar-refractivity contribution >= 4 is 11.8 Å². The number of aryl methyl sites for hydroxylation is 1. The van der Waals surface area contributed by atoms with Crippen LogP contribution >= 0.6 is 11.8 Å². The third-order valence-electron chi connectivity index (χ3n) is 5.08. The largest absolute Gasteiger partial charge is 0.269 e. The van der Waals surface area contributed by atoms with E-state index in [1.807, 2.05) is 0 Å². The molecule has 2 aromatic rings. The highest BCUT2D eigenvalue weighted by Crippen LogP contribution is 2.33. The van der Waals surface area contributed by atoms with Crippen molar-refractivity contribution in [2.45, 2.75) is 50.1 Å². The zero-order chi connectivity index (χ0) is 16.5. The molecule has 3 nitrogen and oxygen atoms in total. The number of hydrogen-bond donors (Lipinski definition) is 0. The van der Waals surface area contributed by atoms with Gasteiger partial charge in [0.1, 0.15) is 5.82 Å². The highest BCUT2D eigenvalue weighted by Gasteiger charge is 2.23. The molecule has 0 bridgehead atoms. The van der Waals surface area contributed by atoms with Gasteiger partial charge in [-0.2, -0.15) is 0 Å². The van der Waals surface area contributed by atoms with Gasteiger partial charge in [-0.25, -0.2) is 9.37 Å². The van der Waals surface area contributed by atoms with E-state index < -0.39 is 0 Å². The Morgan fingerprint density at radius 2 is 1.88 bits per heavy atom. The fraction of sp³-hybridized carbons (Fsp3) is 0.474. The normalized spacial score (nSPS) is 17.4. The molecular weight excluding hydrogens is 323 g/mol. The number of hydrogen-bond acceptors (Lipinski definition) is 3. The first kappa shape index (κ1) is 15.9. The standard InChI is InChI=1S/C19H21FN2OS/c20-14-8-10-15(11-9-14)22-18(23)16-6-1-2-7-17(16)21-19(22)24-12-13-4-3-5-13/h8-11,13H,1-7,12H2. The summed E-state index contributed by atoms with van der Waals surface area (Å²) in [4.78, 5) is 17.9. The Hall–Kier alpha value is -1.62. The molecule has 0 amide bonds. The lowest BCUT2D eigenvalue weighted by Crippen LogP contribution is -2.29. The number of halogens is 1. The maximum absolute atomic E-state index is 13.3. The van der Waals surface area contributed by atoms with Crippen LogP contribution in [0.3, 0.4) is 0 Å². The van der Waals surface area contributed by atoms with Crippen LogP contribution in [0.25, 0.3) is 5.69 Å². The van der Waals surface area contributed by atoms with Crippen LogP contribution in [0.15, 0.2) is 34.2 Å². The summed E-state index contributed by atoms with van der Waals surface area (Å²) in [5.74, 6) is 1.46. The van der Waals surface area contributed by atoms with Crippen LogP contribution in [-0.4, -0.2) is 15.3 Å². The fourth-order valence-corrected chi connectivity index (χ4v) is 4.61. The van der Waals surface area contributed by atoms with E-state index in [4.69, 9.17) is 4.98 Å². The van der Waals surface area contributed by atoms with Crippen molar-refractivity contribution in [1.82, 2.24) is 9.55 Å². The molecule has 0 saturated heterocycles. The molecule has 4 rings (SSSR count). The lowest BCUT2D eigenvalue weighted by Gasteiger charge is -2.25. The van der Waals surface area contributed by atoms with E-state index in [9.17, 15) is 9.18 Å². The minimum absolute atomic E-state index is 0.0300. The molecule has 0 radical (unpaired) electrons. The van der Waals surface area contributed by atoms with Crippen molar-refractivity contribution in [3.63, 3.8) is 0 Å². The molecule has 1 saturated carbocycles. The van der Waals surface area contributed by atoms with Crippen LogP contribution in [0.2, 0.25) is 0 Å². The summed E-state index contributed by atoms with van der Waals surface area (Å²) in [5, 5.41) is 0.763. The Morgan fingerprint density at radius 3 is 2.58 bits per heavy atom. The number of fused-ring (bicyclic) bond motifs is 1. The van der Waals surface area contributed by atoms with Crippen LogP contribution in [0.4, 0.5) is 4.39 Å². The quantitative estimate of drug-likeness (QED) is 0.617. The Bertz CT molecular complexity index is 796. The molecule has 2 aliphatic rings. The summed E-state index contributed by atoms with van der Waals surface area (Å²) in [6, 6.07) is 6.14. The lowest BCUT2D eigenvalue weighted by atomic mass is 9.87. The summed E-state index contributed by atoms with van der Waals surface area (Å²) >= 11 is 1.68. The first-order chi connectivity index (χ1) is 11.7. The molecule has 1 heterocycles. The average molecular weight is 344 g/mol. The van der Waals surface area contributed by atoms with E-state index in [-0.39, 0.29) is 11.4 Å². The molecule has 0 atom stereocenters. The van der Waals surface area contributed by atoms with Gasteiger partial charge in [-0.05, 0) is 68.7 Å². The van der Waals surface area contributed by atoms with Crippen molar-refractivity contribution in [3.05, 3.63) is 51.7 Å². The average Bonchev–Trinajstić information content (AvgIpc) is 2.55. The van der Waals surface area contributed by atoms with E-state index in [0.29, 0.717) is 5.69 Å². The molecule has 0 N–H and O–H groups in total. The van der Waals surface area contributed by atoms with Crippen molar-refractivity contribution in [3.8, 4) is 5.69 Å². The van der Waals surface area contributed by atoms with Gasteiger partial charge >= 0.3 is 0 Å². The maximum Gasteiger partial charge on any atom is 0.262 e. The second-order valence-electron chi connectivity index (χ2n) is 6.75. The van der Waals surface area contributed by atoms with Gasteiger partial charge in [0.15, 0.2) is 5.16 Å². The van der Waals surface area contributed by atoms with Crippen molar-refractivity contribution in [2.75, 3.05) is 5.75 Å². The first-order valence-electron chi connectivity index (χ1n) is 8.76. The summed E-state index contributed by atoms with van der Waals surface area (Å²) in [7, 11) is 0. The van der Waals surface area contributed by atoms with Crippen LogP contribution in [-0.2, 0) is 12.8 Å². The van der Waals surface area contributed by atoms with Gasteiger partial charge in [-0.3, -0.25) is 9.36 Å². The highest BCUT2D eigenvalue weighted by molar-refractivity contribution is 7.99. The smallest absolute Gasteiger partial charge is 0.262 e. The van der Waals surface area contributed by atoms with Gasteiger partial charge < -0.3 is 0 Å². The number of rotatable bonds is 4. The summed E-state index contributed by atoms with van der Waals surface area (Å²) in [6.07, 6.45) is 7.71. The monoisotopic (exact) mass is 344 g/mol. The summed E-state index contributed by atoms with van der Waals surface area (Å²) in [5.41, 5.74) is 2.56. The van der Waals surface area contributed by atoms with E-state index >= 15 is 0 Å². The van der Waals surface area contributed by atoms with Crippen molar-refractivity contribution in [1.29, 1.82) is 0 Å². The van der Waals surface area contributed by atoms with Crippen molar-refractivity contribution < 1.29 is 4.39 Å². The third-order valence-corrected chi connectivity index (χ3v) is 6.25. The predicted molar refractivity (Wildman–Crippen MR) is 94.5 cm³/mol. The topological polar surface area (TPSA) is 34.9 Å². The Labute approximate surface area is 145 Å².